The number of aromatic hydroxyl groups is 1. The minimum Gasteiger partial charge on any atom is -0.504 e. The molecule has 7 heteroatoms. The van der Waals surface area contributed by atoms with Crippen molar-refractivity contribution in [3.63, 3.8) is 0 Å². The maximum atomic E-state index is 10.7. The lowest BCUT2D eigenvalue weighted by Crippen LogP contribution is -2.01. The van der Waals surface area contributed by atoms with Gasteiger partial charge in [0, 0.05) is 4.47 Å². The molecule has 1 aromatic heterocycles. The van der Waals surface area contributed by atoms with Gasteiger partial charge in [0.1, 0.15) is 0 Å². The number of carboxylic acid groups (broad SMARTS) is 1. The van der Waals surface area contributed by atoms with Gasteiger partial charge in [-0.05, 0) is 34.1 Å². The van der Waals surface area contributed by atoms with Crippen molar-refractivity contribution in [1.82, 2.24) is 9.78 Å². The molecule has 0 saturated carbocycles. The van der Waals surface area contributed by atoms with Crippen LogP contribution in [-0.4, -0.2) is 26.0 Å². The lowest BCUT2D eigenvalue weighted by Gasteiger charge is -2.02. The summed E-state index contributed by atoms with van der Waals surface area (Å²) < 4.78 is 1.92. The number of nitrogens with zero attached hydrogens (tertiary/aromatic N) is 2. The van der Waals surface area contributed by atoms with Gasteiger partial charge < -0.3 is 10.2 Å². The highest BCUT2D eigenvalue weighted by molar-refractivity contribution is 9.10. The molecule has 0 unspecified atom stereocenters. The zero-order chi connectivity index (χ0) is 12.6. The Balaban J connectivity index is 2.50. The third kappa shape index (κ3) is 2.27. The van der Waals surface area contributed by atoms with E-state index in [0.29, 0.717) is 15.2 Å². The van der Waals surface area contributed by atoms with Gasteiger partial charge in [0.25, 0.3) is 0 Å². The summed E-state index contributed by atoms with van der Waals surface area (Å²) in [5.74, 6) is -1.67. The average Bonchev–Trinajstić information content (AvgIpc) is 2.64. The molecule has 0 bridgehead atoms. The van der Waals surface area contributed by atoms with Crippen molar-refractivity contribution in [3.8, 4) is 11.4 Å². The summed E-state index contributed by atoms with van der Waals surface area (Å²) >= 11 is 9.08. The molecule has 1 heterocycles. The van der Waals surface area contributed by atoms with Gasteiger partial charge in [0.05, 0.1) is 16.9 Å². The Hall–Kier alpha value is -1.53. The van der Waals surface area contributed by atoms with E-state index in [0.717, 1.165) is 0 Å². The van der Waals surface area contributed by atoms with Crippen molar-refractivity contribution < 1.29 is 15.0 Å². The third-order valence-corrected chi connectivity index (χ3v) is 3.28. The number of carboxylic acids is 1. The Kier molecular flexibility index (Phi) is 3.08. The van der Waals surface area contributed by atoms with Gasteiger partial charge in [-0.25, -0.2) is 9.48 Å². The minimum absolute atomic E-state index is 0.386. The Morgan fingerprint density at radius 1 is 1.47 bits per heavy atom. The number of aromatic carboxylic acids is 1. The first-order valence-corrected chi connectivity index (χ1v) is 5.63. The van der Waals surface area contributed by atoms with Crippen LogP contribution >= 0.6 is 27.5 Å². The fraction of sp³-hybridized carbons (Fsp3) is 0. The van der Waals surface area contributed by atoms with E-state index >= 15 is 0 Å². The monoisotopic (exact) mass is 316 g/mol. The molecule has 2 aromatic rings. The van der Waals surface area contributed by atoms with Crippen LogP contribution in [0.15, 0.2) is 28.9 Å². The molecule has 0 amide bonds. The van der Waals surface area contributed by atoms with Crippen molar-refractivity contribution in [2.75, 3.05) is 0 Å². The maximum Gasteiger partial charge on any atom is 0.360 e. The van der Waals surface area contributed by atoms with Gasteiger partial charge in [-0.2, -0.15) is 5.10 Å². The standard InChI is InChI=1S/C10H6BrClN2O3/c11-6-3-5(1-2-7(6)12)14-4-8(15)9(13-14)10(16)17/h1-4,15H,(H,16,17). The van der Waals surface area contributed by atoms with Crippen molar-refractivity contribution in [2.45, 2.75) is 0 Å². The molecule has 2 rings (SSSR count). The molecule has 0 aliphatic carbocycles. The molecular weight excluding hydrogens is 311 g/mol. The number of hydrogen-bond acceptors (Lipinski definition) is 3. The largest absolute Gasteiger partial charge is 0.504 e. The molecule has 0 aliphatic rings. The van der Waals surface area contributed by atoms with Crippen LogP contribution < -0.4 is 0 Å². The third-order valence-electron chi connectivity index (χ3n) is 2.07. The van der Waals surface area contributed by atoms with E-state index in [1.54, 1.807) is 18.2 Å². The smallest absolute Gasteiger partial charge is 0.360 e. The van der Waals surface area contributed by atoms with E-state index < -0.39 is 11.7 Å². The van der Waals surface area contributed by atoms with Crippen molar-refractivity contribution in [2.24, 2.45) is 0 Å². The molecule has 1 aromatic carbocycles. The summed E-state index contributed by atoms with van der Waals surface area (Å²) in [6.45, 7) is 0. The second-order valence-corrected chi connectivity index (χ2v) is 4.47. The first kappa shape index (κ1) is 11.9. The molecule has 0 fully saturated rings. The molecule has 0 spiro atoms. The van der Waals surface area contributed by atoms with Gasteiger partial charge in [0.15, 0.2) is 5.75 Å². The van der Waals surface area contributed by atoms with Crippen LogP contribution in [0, 0.1) is 0 Å². The number of aromatic nitrogens is 2. The van der Waals surface area contributed by atoms with Crippen LogP contribution in [0.4, 0.5) is 0 Å². The van der Waals surface area contributed by atoms with Gasteiger partial charge >= 0.3 is 5.97 Å². The van der Waals surface area contributed by atoms with Crippen LogP contribution in [0.1, 0.15) is 10.5 Å². The normalized spacial score (nSPS) is 10.5. The quantitative estimate of drug-likeness (QED) is 0.893. The van der Waals surface area contributed by atoms with Crippen LogP contribution in [0.3, 0.4) is 0 Å². The van der Waals surface area contributed by atoms with E-state index in [4.69, 9.17) is 16.7 Å². The second-order valence-electron chi connectivity index (χ2n) is 3.21. The molecule has 0 radical (unpaired) electrons. The van der Waals surface area contributed by atoms with E-state index in [-0.39, 0.29) is 5.75 Å². The molecule has 17 heavy (non-hydrogen) atoms. The lowest BCUT2D eigenvalue weighted by atomic mass is 10.3. The zero-order valence-electron chi connectivity index (χ0n) is 8.26. The summed E-state index contributed by atoms with van der Waals surface area (Å²) in [5.41, 5.74) is 0.195. The van der Waals surface area contributed by atoms with Gasteiger partial charge in [-0.15, -0.1) is 0 Å². The van der Waals surface area contributed by atoms with E-state index in [1.807, 2.05) is 0 Å². The van der Waals surface area contributed by atoms with Gasteiger partial charge in [-0.3, -0.25) is 0 Å². The highest BCUT2D eigenvalue weighted by Gasteiger charge is 2.15. The fourth-order valence-corrected chi connectivity index (χ4v) is 1.76. The Labute approximate surface area is 109 Å². The first-order chi connectivity index (χ1) is 7.99. The lowest BCUT2D eigenvalue weighted by molar-refractivity contribution is 0.0687. The molecule has 2 N–H and O–H groups in total. The zero-order valence-corrected chi connectivity index (χ0v) is 10.6. The fourth-order valence-electron chi connectivity index (χ4n) is 1.28. The molecule has 5 nitrogen and oxygen atoms in total. The van der Waals surface area contributed by atoms with E-state index in [2.05, 4.69) is 21.0 Å². The summed E-state index contributed by atoms with van der Waals surface area (Å²) in [4.78, 5) is 10.7. The first-order valence-electron chi connectivity index (χ1n) is 4.46. The summed E-state index contributed by atoms with van der Waals surface area (Å²) in [6, 6.07) is 4.96. The summed E-state index contributed by atoms with van der Waals surface area (Å²) in [5, 5.41) is 22.4. The minimum atomic E-state index is -1.28. The number of hydrogen-bond donors (Lipinski definition) is 2. The maximum absolute atomic E-state index is 10.7. The number of rotatable bonds is 2. The number of halogens is 2. The average molecular weight is 318 g/mol. The Morgan fingerprint density at radius 3 is 2.71 bits per heavy atom. The van der Waals surface area contributed by atoms with Crippen LogP contribution in [0.25, 0.3) is 5.69 Å². The van der Waals surface area contributed by atoms with E-state index in [9.17, 15) is 9.90 Å². The molecule has 0 saturated heterocycles. The molecule has 0 atom stereocenters. The topological polar surface area (TPSA) is 75.3 Å². The van der Waals surface area contributed by atoms with Crippen molar-refractivity contribution >= 4 is 33.5 Å². The summed E-state index contributed by atoms with van der Waals surface area (Å²) in [7, 11) is 0. The van der Waals surface area contributed by atoms with Gasteiger partial charge in [-0.1, -0.05) is 11.6 Å². The van der Waals surface area contributed by atoms with Crippen molar-refractivity contribution in [3.05, 3.63) is 39.6 Å². The number of carbonyl (C=O) groups is 1. The van der Waals surface area contributed by atoms with Crippen LogP contribution in [-0.2, 0) is 0 Å². The highest BCUT2D eigenvalue weighted by Crippen LogP contribution is 2.26. The SMILES string of the molecule is O=C(O)c1nn(-c2ccc(Cl)c(Br)c2)cc1O. The van der Waals surface area contributed by atoms with Crippen LogP contribution in [0.5, 0.6) is 5.75 Å². The Bertz CT molecular complexity index is 597. The van der Waals surface area contributed by atoms with Crippen molar-refractivity contribution in [1.29, 1.82) is 0 Å². The second kappa shape index (κ2) is 4.38. The van der Waals surface area contributed by atoms with Gasteiger partial charge in [0.2, 0.25) is 5.69 Å². The highest BCUT2D eigenvalue weighted by atomic mass is 79.9. The van der Waals surface area contributed by atoms with E-state index in [1.165, 1.54) is 10.9 Å². The summed E-state index contributed by atoms with van der Waals surface area (Å²) in [6.07, 6.45) is 1.22. The molecule has 0 aliphatic heterocycles. The molecular formula is C10H6BrClN2O3. The predicted molar refractivity (Wildman–Crippen MR) is 64.9 cm³/mol. The van der Waals surface area contributed by atoms with Crippen LogP contribution in [0.2, 0.25) is 5.02 Å². The molecule has 88 valence electrons. The number of benzene rings is 1. The Morgan fingerprint density at radius 2 is 2.18 bits per heavy atom. The predicted octanol–water partition coefficient (Wildman–Crippen LogP) is 2.69.